The van der Waals surface area contributed by atoms with E-state index in [9.17, 15) is 5.11 Å². The number of aliphatic imine (C=N–C) groups is 1. The summed E-state index contributed by atoms with van der Waals surface area (Å²) in [6.45, 7) is 0. The second-order valence-corrected chi connectivity index (χ2v) is 4.89. The number of phenols is 1. The van der Waals surface area contributed by atoms with Crippen LogP contribution >= 0.6 is 15.9 Å². The molecule has 1 aromatic heterocycles. The summed E-state index contributed by atoms with van der Waals surface area (Å²) in [5.74, 6) is 0.189. The van der Waals surface area contributed by atoms with Gasteiger partial charge in [-0.2, -0.15) is 0 Å². The molecular weight excluding hydrogens is 308 g/mol. The molecule has 19 heavy (non-hydrogen) atoms. The molecule has 0 saturated heterocycles. The van der Waals surface area contributed by atoms with Crippen molar-refractivity contribution in [2.75, 3.05) is 0 Å². The Morgan fingerprint density at radius 1 is 1.21 bits per heavy atom. The van der Waals surface area contributed by atoms with E-state index in [1.165, 1.54) is 0 Å². The summed E-state index contributed by atoms with van der Waals surface area (Å²) >= 11 is 3.35. The van der Waals surface area contributed by atoms with Crippen LogP contribution in [-0.2, 0) is 0 Å². The highest BCUT2D eigenvalue weighted by Crippen LogP contribution is 2.22. The van der Waals surface area contributed by atoms with E-state index < -0.39 is 0 Å². The first-order valence-corrected chi connectivity index (χ1v) is 6.35. The van der Waals surface area contributed by atoms with E-state index in [4.69, 9.17) is 0 Å². The van der Waals surface area contributed by atoms with Crippen molar-refractivity contribution in [2.24, 2.45) is 4.99 Å². The predicted octanol–water partition coefficient (Wildman–Crippen LogP) is 3.18. The number of hydrogen-bond donors (Lipinski definition) is 2. The molecule has 3 aromatic rings. The van der Waals surface area contributed by atoms with Crippen molar-refractivity contribution < 1.29 is 5.11 Å². The fourth-order valence-corrected chi connectivity index (χ4v) is 2.06. The Morgan fingerprint density at radius 3 is 3.00 bits per heavy atom. The molecule has 3 rings (SSSR count). The van der Waals surface area contributed by atoms with Crippen molar-refractivity contribution >= 4 is 38.9 Å². The third-order valence-corrected chi connectivity index (χ3v) is 3.15. The first-order valence-electron chi connectivity index (χ1n) is 5.56. The molecule has 5 nitrogen and oxygen atoms in total. The molecule has 6 heteroatoms. The zero-order valence-corrected chi connectivity index (χ0v) is 11.3. The largest absolute Gasteiger partial charge is 0.507 e. The molecule has 0 amide bonds. The number of H-pyrrole nitrogens is 1. The molecular formula is C13H9BrN4O. The number of halogens is 1. The maximum atomic E-state index is 9.71. The van der Waals surface area contributed by atoms with Gasteiger partial charge in [-0.05, 0) is 36.4 Å². The van der Waals surface area contributed by atoms with E-state index >= 15 is 0 Å². The van der Waals surface area contributed by atoms with Crippen molar-refractivity contribution in [1.29, 1.82) is 0 Å². The second-order valence-electron chi connectivity index (χ2n) is 3.97. The Labute approximate surface area is 117 Å². The van der Waals surface area contributed by atoms with Gasteiger partial charge in [0, 0.05) is 16.3 Å². The van der Waals surface area contributed by atoms with Crippen LogP contribution in [0.1, 0.15) is 5.56 Å². The lowest BCUT2D eigenvalue weighted by Crippen LogP contribution is -1.82. The van der Waals surface area contributed by atoms with Crippen LogP contribution < -0.4 is 0 Å². The van der Waals surface area contributed by atoms with Gasteiger partial charge in [-0.15, -0.1) is 5.10 Å². The van der Waals surface area contributed by atoms with E-state index in [0.717, 1.165) is 21.2 Å². The van der Waals surface area contributed by atoms with Crippen molar-refractivity contribution in [1.82, 2.24) is 15.4 Å². The molecule has 2 N–H and O–H groups in total. The van der Waals surface area contributed by atoms with Crippen molar-refractivity contribution in [3.8, 4) is 5.75 Å². The number of phenolic OH excluding ortho intramolecular Hbond substituents is 1. The van der Waals surface area contributed by atoms with E-state index in [-0.39, 0.29) is 5.75 Å². The zero-order chi connectivity index (χ0) is 13.2. The number of aromatic nitrogens is 3. The van der Waals surface area contributed by atoms with Crippen LogP contribution in [0.15, 0.2) is 45.9 Å². The van der Waals surface area contributed by atoms with Crippen LogP contribution in [0.25, 0.3) is 11.0 Å². The lowest BCUT2D eigenvalue weighted by atomic mass is 10.2. The summed E-state index contributed by atoms with van der Waals surface area (Å²) in [7, 11) is 0. The average molecular weight is 317 g/mol. The van der Waals surface area contributed by atoms with Crippen LogP contribution in [0.5, 0.6) is 5.75 Å². The van der Waals surface area contributed by atoms with Gasteiger partial charge in [0.25, 0.3) is 0 Å². The molecule has 0 radical (unpaired) electrons. The third kappa shape index (κ3) is 2.48. The Kier molecular flexibility index (Phi) is 3.00. The van der Waals surface area contributed by atoms with Crippen molar-refractivity contribution in [3.63, 3.8) is 0 Å². The Hall–Kier alpha value is -2.21. The number of rotatable bonds is 2. The van der Waals surface area contributed by atoms with Gasteiger partial charge in [0.05, 0.1) is 11.2 Å². The van der Waals surface area contributed by atoms with E-state index in [1.54, 1.807) is 24.4 Å². The number of benzene rings is 2. The molecule has 0 spiro atoms. The average Bonchev–Trinajstić information content (AvgIpc) is 2.87. The van der Waals surface area contributed by atoms with Crippen LogP contribution in [0, 0.1) is 0 Å². The maximum Gasteiger partial charge on any atom is 0.124 e. The van der Waals surface area contributed by atoms with Gasteiger partial charge in [-0.3, -0.25) is 10.1 Å². The lowest BCUT2D eigenvalue weighted by Gasteiger charge is -1.99. The minimum Gasteiger partial charge on any atom is -0.507 e. The molecule has 0 atom stereocenters. The van der Waals surface area contributed by atoms with Crippen LogP contribution in [0.2, 0.25) is 0 Å². The van der Waals surface area contributed by atoms with Gasteiger partial charge in [0.1, 0.15) is 11.3 Å². The number of fused-ring (bicyclic) bond motifs is 1. The fraction of sp³-hybridized carbons (Fsp3) is 0. The fourth-order valence-electron chi connectivity index (χ4n) is 1.68. The molecule has 1 heterocycles. The predicted molar refractivity (Wildman–Crippen MR) is 76.9 cm³/mol. The van der Waals surface area contributed by atoms with E-state index in [1.807, 2.05) is 18.2 Å². The summed E-state index contributed by atoms with van der Waals surface area (Å²) in [6, 6.07) is 10.7. The molecule has 0 aliphatic heterocycles. The second kappa shape index (κ2) is 4.81. The Bertz CT molecular complexity index is 766. The summed E-state index contributed by atoms with van der Waals surface area (Å²) < 4.78 is 0.888. The molecule has 2 aromatic carbocycles. The SMILES string of the molecule is Oc1ccc(Br)cc1/C=N/c1ccc2[nH]nnc2c1. The lowest BCUT2D eigenvalue weighted by molar-refractivity contribution is 0.474. The van der Waals surface area contributed by atoms with Crippen LogP contribution in [0.4, 0.5) is 5.69 Å². The number of aromatic hydroxyl groups is 1. The standard InChI is InChI=1S/C13H9BrN4O/c14-9-1-4-13(19)8(5-9)7-15-10-2-3-11-12(6-10)17-18-16-11/h1-7,19H,(H,16,17,18)/b15-7+. The summed E-state index contributed by atoms with van der Waals surface area (Å²) in [5, 5.41) is 20.1. The topological polar surface area (TPSA) is 74.2 Å². The first-order chi connectivity index (χ1) is 9.22. The van der Waals surface area contributed by atoms with Gasteiger partial charge in [0.15, 0.2) is 0 Å². The highest BCUT2D eigenvalue weighted by Gasteiger charge is 2.00. The number of hydrogen-bond acceptors (Lipinski definition) is 4. The number of nitrogens with zero attached hydrogens (tertiary/aromatic N) is 3. The summed E-state index contributed by atoms with van der Waals surface area (Å²) in [4.78, 5) is 4.32. The molecule has 0 aliphatic carbocycles. The van der Waals surface area contributed by atoms with Gasteiger partial charge < -0.3 is 5.11 Å². The van der Waals surface area contributed by atoms with E-state index in [2.05, 4.69) is 36.3 Å². The molecule has 0 unspecified atom stereocenters. The van der Waals surface area contributed by atoms with Gasteiger partial charge >= 0.3 is 0 Å². The molecule has 94 valence electrons. The van der Waals surface area contributed by atoms with Gasteiger partial charge in [-0.25, -0.2) is 0 Å². The molecule has 0 fully saturated rings. The molecule has 0 saturated carbocycles. The monoisotopic (exact) mass is 316 g/mol. The van der Waals surface area contributed by atoms with Crippen molar-refractivity contribution in [3.05, 3.63) is 46.4 Å². The van der Waals surface area contributed by atoms with Gasteiger partial charge in [-0.1, -0.05) is 21.1 Å². The smallest absolute Gasteiger partial charge is 0.124 e. The van der Waals surface area contributed by atoms with Crippen LogP contribution in [-0.4, -0.2) is 26.7 Å². The normalized spacial score (nSPS) is 11.4. The first kappa shape index (κ1) is 11.9. The maximum absolute atomic E-state index is 9.71. The minimum absolute atomic E-state index is 0.189. The van der Waals surface area contributed by atoms with Crippen molar-refractivity contribution in [2.45, 2.75) is 0 Å². The zero-order valence-electron chi connectivity index (χ0n) is 9.71. The van der Waals surface area contributed by atoms with Crippen LogP contribution in [0.3, 0.4) is 0 Å². The molecule has 0 bridgehead atoms. The van der Waals surface area contributed by atoms with Gasteiger partial charge in [0.2, 0.25) is 0 Å². The highest BCUT2D eigenvalue weighted by atomic mass is 79.9. The number of aromatic amines is 1. The Balaban J connectivity index is 1.95. The summed E-state index contributed by atoms with van der Waals surface area (Å²) in [6.07, 6.45) is 1.61. The van der Waals surface area contributed by atoms with E-state index in [0.29, 0.717) is 5.56 Å². The Morgan fingerprint density at radius 2 is 2.11 bits per heavy atom. The molecule has 0 aliphatic rings. The number of nitrogens with one attached hydrogen (secondary N) is 1. The minimum atomic E-state index is 0.189. The summed E-state index contributed by atoms with van der Waals surface area (Å²) in [5.41, 5.74) is 3.02. The third-order valence-electron chi connectivity index (χ3n) is 2.65. The highest BCUT2D eigenvalue weighted by molar-refractivity contribution is 9.10. The quantitative estimate of drug-likeness (QED) is 0.713.